The fourth-order valence-corrected chi connectivity index (χ4v) is 2.28. The molecule has 2 aromatic heterocycles. The summed E-state index contributed by atoms with van der Waals surface area (Å²) in [6.45, 7) is 0. The Balaban J connectivity index is 2.36. The molecule has 15 heavy (non-hydrogen) atoms. The first kappa shape index (κ1) is 10.2. The summed E-state index contributed by atoms with van der Waals surface area (Å²) in [5.74, 6) is 1.33. The Bertz CT molecular complexity index is 450. The van der Waals surface area contributed by atoms with E-state index >= 15 is 0 Å². The van der Waals surface area contributed by atoms with Crippen molar-refractivity contribution in [1.82, 2.24) is 9.55 Å². The van der Waals surface area contributed by atoms with Gasteiger partial charge in [0.2, 0.25) is 0 Å². The molecule has 80 valence electrons. The summed E-state index contributed by atoms with van der Waals surface area (Å²) in [7, 11) is 3.45. The molecule has 2 heterocycles. The maximum Gasteiger partial charge on any atom is 0.149 e. The quantitative estimate of drug-likeness (QED) is 0.861. The van der Waals surface area contributed by atoms with Crippen LogP contribution in [0.25, 0.3) is 0 Å². The number of rotatable bonds is 3. The number of nitrogens with zero attached hydrogens (tertiary/aromatic N) is 2. The topological polar surface area (TPSA) is 47.3 Å². The van der Waals surface area contributed by atoms with E-state index in [-0.39, 0.29) is 0 Å². The van der Waals surface area contributed by atoms with Crippen molar-refractivity contribution in [3.8, 4) is 5.75 Å². The van der Waals surface area contributed by atoms with Crippen molar-refractivity contribution in [3.05, 3.63) is 34.5 Å². The molecule has 0 spiro atoms. The lowest BCUT2D eigenvalue weighted by Gasteiger charge is -2.10. The van der Waals surface area contributed by atoms with Crippen molar-refractivity contribution in [3.63, 3.8) is 0 Å². The standard InChI is InChI=1S/C10H12N2O2S/c1-12-5-4-11-10(12)8(13)9-7(14-2)3-6-15-9/h3-6,8,13H,1-2H3. The van der Waals surface area contributed by atoms with Gasteiger partial charge in [0.05, 0.1) is 12.0 Å². The number of aromatic nitrogens is 2. The Labute approximate surface area is 91.8 Å². The maximum atomic E-state index is 10.1. The van der Waals surface area contributed by atoms with Gasteiger partial charge in [0.1, 0.15) is 17.7 Å². The summed E-state index contributed by atoms with van der Waals surface area (Å²) in [5, 5.41) is 12.0. The van der Waals surface area contributed by atoms with E-state index in [1.165, 1.54) is 11.3 Å². The maximum absolute atomic E-state index is 10.1. The van der Waals surface area contributed by atoms with Gasteiger partial charge in [-0.15, -0.1) is 11.3 Å². The van der Waals surface area contributed by atoms with Gasteiger partial charge in [-0.25, -0.2) is 4.98 Å². The number of ether oxygens (including phenoxy) is 1. The molecule has 0 radical (unpaired) electrons. The first-order valence-corrected chi connectivity index (χ1v) is 5.38. The normalized spacial score (nSPS) is 12.7. The largest absolute Gasteiger partial charge is 0.495 e. The van der Waals surface area contributed by atoms with Gasteiger partial charge in [-0.3, -0.25) is 0 Å². The lowest BCUT2D eigenvalue weighted by molar-refractivity contribution is 0.205. The molecule has 2 aromatic rings. The van der Waals surface area contributed by atoms with E-state index in [9.17, 15) is 5.11 Å². The number of methoxy groups -OCH3 is 1. The van der Waals surface area contributed by atoms with E-state index in [4.69, 9.17) is 4.74 Å². The average molecular weight is 224 g/mol. The van der Waals surface area contributed by atoms with Gasteiger partial charge in [-0.1, -0.05) is 0 Å². The van der Waals surface area contributed by atoms with E-state index in [2.05, 4.69) is 4.98 Å². The lowest BCUT2D eigenvalue weighted by atomic mass is 10.2. The van der Waals surface area contributed by atoms with Crippen LogP contribution in [-0.2, 0) is 7.05 Å². The molecule has 0 aliphatic rings. The summed E-state index contributed by atoms with van der Waals surface area (Å²) >= 11 is 1.46. The molecule has 5 heteroatoms. The molecule has 0 saturated carbocycles. The van der Waals surface area contributed by atoms with Crippen LogP contribution in [0.3, 0.4) is 0 Å². The average Bonchev–Trinajstić information content (AvgIpc) is 2.84. The van der Waals surface area contributed by atoms with Gasteiger partial charge < -0.3 is 14.4 Å². The van der Waals surface area contributed by atoms with E-state index in [0.717, 1.165) is 4.88 Å². The zero-order chi connectivity index (χ0) is 10.8. The van der Waals surface area contributed by atoms with Crippen LogP contribution in [0.2, 0.25) is 0 Å². The fraction of sp³-hybridized carbons (Fsp3) is 0.300. The zero-order valence-electron chi connectivity index (χ0n) is 8.54. The molecule has 0 aliphatic heterocycles. The summed E-state index contributed by atoms with van der Waals surface area (Å²) < 4.78 is 6.95. The first-order valence-electron chi connectivity index (χ1n) is 4.50. The van der Waals surface area contributed by atoms with Gasteiger partial charge in [-0.2, -0.15) is 0 Å². The highest BCUT2D eigenvalue weighted by Crippen LogP contribution is 2.33. The minimum atomic E-state index is -0.722. The molecule has 1 N–H and O–H groups in total. The highest BCUT2D eigenvalue weighted by Gasteiger charge is 2.20. The second-order valence-electron chi connectivity index (χ2n) is 3.15. The van der Waals surface area contributed by atoms with E-state index in [0.29, 0.717) is 11.6 Å². The van der Waals surface area contributed by atoms with Crippen LogP contribution < -0.4 is 4.74 Å². The second-order valence-corrected chi connectivity index (χ2v) is 4.10. The fourth-order valence-electron chi connectivity index (χ4n) is 1.44. The first-order chi connectivity index (χ1) is 7.24. The van der Waals surface area contributed by atoms with Gasteiger partial charge >= 0.3 is 0 Å². The number of aryl methyl sites for hydroxylation is 1. The monoisotopic (exact) mass is 224 g/mol. The molecule has 0 aliphatic carbocycles. The summed E-state index contributed by atoms with van der Waals surface area (Å²) in [5.41, 5.74) is 0. The number of hydrogen-bond acceptors (Lipinski definition) is 4. The highest BCUT2D eigenvalue weighted by molar-refractivity contribution is 7.10. The summed E-state index contributed by atoms with van der Waals surface area (Å²) in [6.07, 6.45) is 2.75. The van der Waals surface area contributed by atoms with Gasteiger partial charge in [0, 0.05) is 19.4 Å². The van der Waals surface area contributed by atoms with Crippen molar-refractivity contribution < 1.29 is 9.84 Å². The molecule has 1 unspecified atom stereocenters. The van der Waals surface area contributed by atoms with Crippen LogP contribution in [0.5, 0.6) is 5.75 Å². The second kappa shape index (κ2) is 4.04. The third-order valence-corrected chi connectivity index (χ3v) is 3.18. The van der Waals surface area contributed by atoms with E-state index < -0.39 is 6.10 Å². The Morgan fingerprint density at radius 1 is 1.60 bits per heavy atom. The smallest absolute Gasteiger partial charge is 0.149 e. The third-order valence-electron chi connectivity index (χ3n) is 2.23. The molecular formula is C10H12N2O2S. The van der Waals surface area contributed by atoms with Crippen LogP contribution in [0.15, 0.2) is 23.8 Å². The molecule has 2 rings (SSSR count). The van der Waals surface area contributed by atoms with Crippen molar-refractivity contribution in [2.45, 2.75) is 6.10 Å². The highest BCUT2D eigenvalue weighted by atomic mass is 32.1. The van der Waals surface area contributed by atoms with Crippen molar-refractivity contribution in [2.75, 3.05) is 7.11 Å². The Morgan fingerprint density at radius 3 is 3.00 bits per heavy atom. The minimum absolute atomic E-state index is 0.621. The number of hydrogen-bond donors (Lipinski definition) is 1. The van der Waals surface area contributed by atoms with Crippen LogP contribution in [-0.4, -0.2) is 21.8 Å². The molecular weight excluding hydrogens is 212 g/mol. The summed E-state index contributed by atoms with van der Waals surface area (Å²) in [6, 6.07) is 1.84. The predicted molar refractivity (Wildman–Crippen MR) is 58.1 cm³/mol. The number of aliphatic hydroxyl groups is 1. The van der Waals surface area contributed by atoms with Crippen LogP contribution in [0.1, 0.15) is 16.8 Å². The number of aliphatic hydroxyl groups excluding tert-OH is 1. The van der Waals surface area contributed by atoms with Gasteiger partial charge in [-0.05, 0) is 11.4 Å². The predicted octanol–water partition coefficient (Wildman–Crippen LogP) is 1.57. The number of thiophene rings is 1. The number of imidazole rings is 1. The minimum Gasteiger partial charge on any atom is -0.495 e. The van der Waals surface area contributed by atoms with E-state index in [1.54, 1.807) is 24.1 Å². The van der Waals surface area contributed by atoms with Gasteiger partial charge in [0.25, 0.3) is 0 Å². The molecule has 4 nitrogen and oxygen atoms in total. The van der Waals surface area contributed by atoms with Gasteiger partial charge in [0.15, 0.2) is 0 Å². The van der Waals surface area contributed by atoms with Crippen molar-refractivity contribution in [2.24, 2.45) is 7.05 Å². The van der Waals surface area contributed by atoms with E-state index in [1.807, 2.05) is 18.5 Å². The Morgan fingerprint density at radius 2 is 2.40 bits per heavy atom. The van der Waals surface area contributed by atoms with Crippen molar-refractivity contribution >= 4 is 11.3 Å². The van der Waals surface area contributed by atoms with Crippen LogP contribution in [0.4, 0.5) is 0 Å². The van der Waals surface area contributed by atoms with Crippen LogP contribution >= 0.6 is 11.3 Å². The van der Waals surface area contributed by atoms with Crippen molar-refractivity contribution in [1.29, 1.82) is 0 Å². The Hall–Kier alpha value is -1.33. The summed E-state index contributed by atoms with van der Waals surface area (Å²) in [4.78, 5) is 4.90. The third kappa shape index (κ3) is 1.75. The SMILES string of the molecule is COc1ccsc1C(O)c1nccn1C. The lowest BCUT2D eigenvalue weighted by Crippen LogP contribution is -2.06. The van der Waals surface area contributed by atoms with Crippen LogP contribution in [0, 0.1) is 0 Å². The molecule has 0 fully saturated rings. The zero-order valence-corrected chi connectivity index (χ0v) is 9.36. The molecule has 0 saturated heterocycles. The molecule has 0 amide bonds. The molecule has 1 atom stereocenters. The molecule has 0 aromatic carbocycles. The Kier molecular flexibility index (Phi) is 2.75. The molecule has 0 bridgehead atoms.